The van der Waals surface area contributed by atoms with E-state index in [0.717, 1.165) is 22.4 Å². The Morgan fingerprint density at radius 2 is 1.55 bits per heavy atom. The number of hydrogen-bond donors (Lipinski definition) is 2. The SMILES string of the molecule is COc1ccc(C)cc1CCNC(=O)c1ccc(S(=O)(=O)Nc2ccc(C)cc2)cc1. The number of hydrogen-bond acceptors (Lipinski definition) is 4. The van der Waals surface area contributed by atoms with E-state index in [-0.39, 0.29) is 10.8 Å². The van der Waals surface area contributed by atoms with Gasteiger partial charge in [0, 0.05) is 17.8 Å². The molecule has 0 unspecified atom stereocenters. The van der Waals surface area contributed by atoms with Crippen molar-refractivity contribution in [1.82, 2.24) is 5.32 Å². The van der Waals surface area contributed by atoms with Crippen molar-refractivity contribution >= 4 is 21.6 Å². The molecular weight excluding hydrogens is 412 g/mol. The van der Waals surface area contributed by atoms with Crippen molar-refractivity contribution in [3.8, 4) is 5.75 Å². The van der Waals surface area contributed by atoms with E-state index in [1.54, 1.807) is 19.2 Å². The quantitative estimate of drug-likeness (QED) is 0.555. The van der Waals surface area contributed by atoms with E-state index >= 15 is 0 Å². The van der Waals surface area contributed by atoms with Gasteiger partial charge in [-0.1, -0.05) is 35.4 Å². The van der Waals surface area contributed by atoms with E-state index < -0.39 is 10.0 Å². The molecule has 0 aliphatic carbocycles. The van der Waals surface area contributed by atoms with Crippen LogP contribution in [0.1, 0.15) is 27.0 Å². The van der Waals surface area contributed by atoms with E-state index in [9.17, 15) is 13.2 Å². The van der Waals surface area contributed by atoms with Crippen LogP contribution in [0.3, 0.4) is 0 Å². The molecular formula is C24H26N2O4S. The number of carbonyl (C=O) groups excluding carboxylic acids is 1. The van der Waals surface area contributed by atoms with Gasteiger partial charge in [-0.05, 0) is 68.3 Å². The highest BCUT2D eigenvalue weighted by atomic mass is 32.2. The Morgan fingerprint density at radius 3 is 2.19 bits per heavy atom. The molecule has 0 aliphatic heterocycles. The molecule has 0 atom stereocenters. The third kappa shape index (κ3) is 5.86. The van der Waals surface area contributed by atoms with Crippen molar-refractivity contribution in [2.24, 2.45) is 0 Å². The molecule has 0 radical (unpaired) electrons. The van der Waals surface area contributed by atoms with Crippen molar-refractivity contribution < 1.29 is 17.9 Å². The van der Waals surface area contributed by atoms with Crippen LogP contribution in [0.4, 0.5) is 5.69 Å². The second-order valence-electron chi connectivity index (χ2n) is 7.32. The summed E-state index contributed by atoms with van der Waals surface area (Å²) in [4.78, 5) is 12.5. The van der Waals surface area contributed by atoms with Crippen LogP contribution in [-0.2, 0) is 16.4 Å². The van der Waals surface area contributed by atoms with Crippen LogP contribution in [0.15, 0.2) is 71.6 Å². The van der Waals surface area contributed by atoms with Gasteiger partial charge in [-0.25, -0.2) is 8.42 Å². The van der Waals surface area contributed by atoms with Gasteiger partial charge in [-0.2, -0.15) is 0 Å². The Kier molecular flexibility index (Phi) is 6.97. The van der Waals surface area contributed by atoms with Crippen LogP contribution in [0.5, 0.6) is 5.75 Å². The second kappa shape index (κ2) is 9.66. The molecule has 6 nitrogen and oxygen atoms in total. The smallest absolute Gasteiger partial charge is 0.261 e. The lowest BCUT2D eigenvalue weighted by Gasteiger charge is -2.11. The number of rotatable bonds is 8. The molecule has 3 rings (SSSR count). The molecule has 0 saturated carbocycles. The zero-order valence-electron chi connectivity index (χ0n) is 17.8. The summed E-state index contributed by atoms with van der Waals surface area (Å²) in [6.45, 7) is 4.37. The Balaban J connectivity index is 1.61. The van der Waals surface area contributed by atoms with Crippen LogP contribution < -0.4 is 14.8 Å². The fourth-order valence-electron chi connectivity index (χ4n) is 3.14. The van der Waals surface area contributed by atoms with Crippen molar-refractivity contribution in [3.63, 3.8) is 0 Å². The minimum Gasteiger partial charge on any atom is -0.496 e. The molecule has 3 aromatic rings. The topological polar surface area (TPSA) is 84.5 Å². The Hall–Kier alpha value is -3.32. The Labute approximate surface area is 183 Å². The summed E-state index contributed by atoms with van der Waals surface area (Å²) >= 11 is 0. The number of carbonyl (C=O) groups is 1. The van der Waals surface area contributed by atoms with Crippen LogP contribution in [0.25, 0.3) is 0 Å². The first-order chi connectivity index (χ1) is 14.8. The van der Waals surface area contributed by atoms with Crippen LogP contribution in [-0.4, -0.2) is 28.0 Å². The number of amides is 1. The predicted octanol–water partition coefficient (Wildman–Crippen LogP) is 4.09. The number of nitrogens with one attached hydrogen (secondary N) is 2. The third-order valence-corrected chi connectivity index (χ3v) is 6.24. The van der Waals surface area contributed by atoms with E-state index in [1.165, 1.54) is 24.3 Å². The molecule has 0 aliphatic rings. The number of anilines is 1. The van der Waals surface area contributed by atoms with Crippen molar-refractivity contribution in [2.75, 3.05) is 18.4 Å². The lowest BCUT2D eigenvalue weighted by Crippen LogP contribution is -2.26. The normalized spacial score (nSPS) is 11.1. The maximum absolute atomic E-state index is 12.6. The summed E-state index contributed by atoms with van der Waals surface area (Å²) in [5, 5.41) is 2.86. The van der Waals surface area contributed by atoms with Crippen LogP contribution in [0.2, 0.25) is 0 Å². The number of ether oxygens (including phenoxy) is 1. The van der Waals surface area contributed by atoms with E-state index in [1.807, 2.05) is 44.2 Å². The lowest BCUT2D eigenvalue weighted by atomic mass is 10.1. The van der Waals surface area contributed by atoms with Crippen molar-refractivity contribution in [3.05, 3.63) is 89.0 Å². The molecule has 3 aromatic carbocycles. The highest BCUT2D eigenvalue weighted by molar-refractivity contribution is 7.92. The first kappa shape index (κ1) is 22.4. The molecule has 7 heteroatoms. The van der Waals surface area contributed by atoms with E-state index in [4.69, 9.17) is 4.74 Å². The lowest BCUT2D eigenvalue weighted by molar-refractivity contribution is 0.0954. The zero-order valence-corrected chi connectivity index (χ0v) is 18.6. The van der Waals surface area contributed by atoms with Gasteiger partial charge < -0.3 is 10.1 Å². The summed E-state index contributed by atoms with van der Waals surface area (Å²) in [7, 11) is -2.11. The third-order valence-electron chi connectivity index (χ3n) is 4.85. The van der Waals surface area contributed by atoms with Gasteiger partial charge in [0.2, 0.25) is 0 Å². The van der Waals surface area contributed by atoms with Gasteiger partial charge in [0.05, 0.1) is 12.0 Å². The van der Waals surface area contributed by atoms with Gasteiger partial charge in [0.25, 0.3) is 15.9 Å². The first-order valence-corrected chi connectivity index (χ1v) is 11.4. The van der Waals surface area contributed by atoms with Gasteiger partial charge in [0.1, 0.15) is 5.75 Å². The monoisotopic (exact) mass is 438 g/mol. The van der Waals surface area contributed by atoms with Crippen LogP contribution >= 0.6 is 0 Å². The van der Waals surface area contributed by atoms with E-state index in [0.29, 0.717) is 24.2 Å². The molecule has 0 spiro atoms. The number of methoxy groups -OCH3 is 1. The Bertz CT molecular complexity index is 1160. The molecule has 0 fully saturated rings. The highest BCUT2D eigenvalue weighted by Crippen LogP contribution is 2.20. The molecule has 2 N–H and O–H groups in total. The number of sulfonamides is 1. The predicted molar refractivity (Wildman–Crippen MR) is 122 cm³/mol. The molecule has 0 bridgehead atoms. The highest BCUT2D eigenvalue weighted by Gasteiger charge is 2.15. The average molecular weight is 439 g/mol. The first-order valence-electron chi connectivity index (χ1n) is 9.90. The number of aryl methyl sites for hydroxylation is 2. The maximum Gasteiger partial charge on any atom is 0.261 e. The standard InChI is InChI=1S/C24H26N2O4S/c1-17-4-9-21(10-5-17)26-31(28,29)22-11-7-19(8-12-22)24(27)25-15-14-20-16-18(2)6-13-23(20)30-3/h4-13,16,26H,14-15H2,1-3H3,(H,25,27). The largest absolute Gasteiger partial charge is 0.496 e. The summed E-state index contributed by atoms with van der Waals surface area (Å²) in [6.07, 6.45) is 0.628. The fourth-order valence-corrected chi connectivity index (χ4v) is 4.20. The maximum atomic E-state index is 12.6. The second-order valence-corrected chi connectivity index (χ2v) is 9.00. The summed E-state index contributed by atoms with van der Waals surface area (Å²) in [5.74, 6) is 0.526. The molecule has 1 amide bonds. The summed E-state index contributed by atoms with van der Waals surface area (Å²) in [6, 6.07) is 18.9. The summed E-state index contributed by atoms with van der Waals surface area (Å²) in [5.41, 5.74) is 4.06. The fraction of sp³-hybridized carbons (Fsp3) is 0.208. The van der Waals surface area contributed by atoms with Crippen molar-refractivity contribution in [1.29, 1.82) is 0 Å². The van der Waals surface area contributed by atoms with E-state index in [2.05, 4.69) is 10.0 Å². The Morgan fingerprint density at radius 1 is 0.903 bits per heavy atom. The van der Waals surface area contributed by atoms with Gasteiger partial charge in [0.15, 0.2) is 0 Å². The average Bonchev–Trinajstić information content (AvgIpc) is 2.75. The molecule has 0 saturated heterocycles. The molecule has 162 valence electrons. The number of benzene rings is 3. The van der Waals surface area contributed by atoms with Gasteiger partial charge in [-0.3, -0.25) is 9.52 Å². The minimum absolute atomic E-state index is 0.0918. The van der Waals surface area contributed by atoms with Gasteiger partial charge >= 0.3 is 0 Å². The van der Waals surface area contributed by atoms with Crippen molar-refractivity contribution in [2.45, 2.75) is 25.2 Å². The zero-order chi connectivity index (χ0) is 22.4. The molecule has 0 heterocycles. The van der Waals surface area contributed by atoms with Crippen LogP contribution in [0, 0.1) is 13.8 Å². The minimum atomic E-state index is -3.73. The van der Waals surface area contributed by atoms with Gasteiger partial charge in [-0.15, -0.1) is 0 Å². The summed E-state index contributed by atoms with van der Waals surface area (Å²) < 4.78 is 33.0. The molecule has 0 aromatic heterocycles. The molecule has 31 heavy (non-hydrogen) atoms.